The lowest BCUT2D eigenvalue weighted by Crippen LogP contribution is -2.18. The largest absolute Gasteiger partial charge is 0.308 e. The molecular formula is C14H12BrN3OS. The van der Waals surface area contributed by atoms with E-state index in [1.54, 1.807) is 0 Å². The van der Waals surface area contributed by atoms with Crippen LogP contribution in [0.15, 0.2) is 45.0 Å². The molecule has 2 heterocycles. The molecule has 0 saturated carbocycles. The molecule has 4 nitrogen and oxygen atoms in total. The van der Waals surface area contributed by atoms with Gasteiger partial charge in [0.25, 0.3) is 5.56 Å². The van der Waals surface area contributed by atoms with Crippen LogP contribution in [0.4, 0.5) is 0 Å². The van der Waals surface area contributed by atoms with E-state index in [1.807, 2.05) is 23.6 Å². The first-order valence-corrected chi connectivity index (χ1v) is 7.81. The lowest BCUT2D eigenvalue weighted by atomic mass is 10.2. The summed E-state index contributed by atoms with van der Waals surface area (Å²) in [6, 6.07) is 9.97. The van der Waals surface area contributed by atoms with Crippen LogP contribution >= 0.6 is 27.3 Å². The molecule has 102 valence electrons. The highest BCUT2D eigenvalue weighted by Crippen LogP contribution is 2.14. The van der Waals surface area contributed by atoms with E-state index in [-0.39, 0.29) is 5.56 Å². The number of nitrogens with zero attached hydrogens (tertiary/aromatic N) is 1. The van der Waals surface area contributed by atoms with Crippen molar-refractivity contribution in [2.75, 3.05) is 0 Å². The summed E-state index contributed by atoms with van der Waals surface area (Å²) in [6.07, 6.45) is 0. The zero-order valence-electron chi connectivity index (χ0n) is 10.5. The van der Waals surface area contributed by atoms with Crippen LogP contribution in [0.5, 0.6) is 0 Å². The fourth-order valence-electron chi connectivity index (χ4n) is 1.98. The van der Waals surface area contributed by atoms with E-state index < -0.39 is 0 Å². The first kappa shape index (κ1) is 13.5. The van der Waals surface area contributed by atoms with Gasteiger partial charge in [-0.05, 0) is 29.1 Å². The number of H-pyrrole nitrogens is 1. The molecule has 3 aromatic rings. The number of rotatable bonds is 4. The van der Waals surface area contributed by atoms with E-state index >= 15 is 0 Å². The Balaban J connectivity index is 1.69. The molecule has 0 amide bonds. The molecule has 0 fully saturated rings. The summed E-state index contributed by atoms with van der Waals surface area (Å²) in [5.41, 5.74) is 1.88. The van der Waals surface area contributed by atoms with Gasteiger partial charge in [0.15, 0.2) is 0 Å². The molecule has 20 heavy (non-hydrogen) atoms. The molecule has 0 radical (unpaired) electrons. The van der Waals surface area contributed by atoms with Crippen molar-refractivity contribution < 1.29 is 0 Å². The number of thiophene rings is 1. The molecule has 1 aromatic carbocycles. The van der Waals surface area contributed by atoms with E-state index in [4.69, 9.17) is 0 Å². The van der Waals surface area contributed by atoms with Crippen molar-refractivity contribution in [1.29, 1.82) is 0 Å². The molecule has 0 aliphatic rings. The van der Waals surface area contributed by atoms with Gasteiger partial charge >= 0.3 is 0 Å². The highest BCUT2D eigenvalue weighted by molar-refractivity contribution is 9.10. The number of benzene rings is 1. The van der Waals surface area contributed by atoms with Crippen LogP contribution in [0, 0.1) is 0 Å². The van der Waals surface area contributed by atoms with Crippen LogP contribution < -0.4 is 10.9 Å². The molecule has 0 spiro atoms. The van der Waals surface area contributed by atoms with Crippen LogP contribution in [0.2, 0.25) is 0 Å². The summed E-state index contributed by atoms with van der Waals surface area (Å²) in [5, 5.41) is 5.16. The van der Waals surface area contributed by atoms with Crippen molar-refractivity contribution in [1.82, 2.24) is 15.3 Å². The smallest absolute Gasteiger partial charge is 0.268 e. The summed E-state index contributed by atoms with van der Waals surface area (Å²) >= 11 is 4.86. The van der Waals surface area contributed by atoms with Gasteiger partial charge in [-0.25, -0.2) is 4.98 Å². The number of nitrogens with one attached hydrogen (secondary N) is 2. The predicted octanol–water partition coefficient (Wildman–Crippen LogP) is 3.04. The first-order chi connectivity index (χ1) is 9.72. The van der Waals surface area contributed by atoms with Crippen LogP contribution in [-0.4, -0.2) is 9.97 Å². The monoisotopic (exact) mass is 349 g/mol. The number of halogens is 1. The second kappa shape index (κ2) is 5.87. The minimum atomic E-state index is -0.0655. The maximum Gasteiger partial charge on any atom is 0.268 e. The minimum Gasteiger partial charge on any atom is -0.308 e. The molecule has 0 aliphatic carbocycles. The van der Waals surface area contributed by atoms with Crippen molar-refractivity contribution in [3.63, 3.8) is 0 Å². The van der Waals surface area contributed by atoms with Gasteiger partial charge in [0.2, 0.25) is 0 Å². The molecule has 2 aromatic heterocycles. The molecule has 2 N–H and O–H groups in total. The molecule has 0 unspecified atom stereocenters. The van der Waals surface area contributed by atoms with E-state index in [9.17, 15) is 4.79 Å². The molecule has 0 atom stereocenters. The van der Waals surface area contributed by atoms with Gasteiger partial charge in [0, 0.05) is 11.0 Å². The van der Waals surface area contributed by atoms with Crippen molar-refractivity contribution in [2.24, 2.45) is 0 Å². The fourth-order valence-corrected chi connectivity index (χ4v) is 3.15. The van der Waals surface area contributed by atoms with Gasteiger partial charge in [-0.15, -0.1) is 11.3 Å². The Hall–Kier alpha value is -1.50. The second-order valence-electron chi connectivity index (χ2n) is 4.38. The summed E-state index contributed by atoms with van der Waals surface area (Å²) in [5.74, 6) is 0.663. The summed E-state index contributed by atoms with van der Waals surface area (Å²) in [4.78, 5) is 19.1. The second-order valence-corrected chi connectivity index (χ2v) is 6.21. The third-order valence-electron chi connectivity index (χ3n) is 2.87. The first-order valence-electron chi connectivity index (χ1n) is 6.14. The average Bonchev–Trinajstić information content (AvgIpc) is 2.88. The van der Waals surface area contributed by atoms with Gasteiger partial charge < -0.3 is 10.3 Å². The molecule has 0 saturated heterocycles. The Labute approximate surface area is 128 Å². The number of fused-ring (bicyclic) bond motifs is 1. The maximum atomic E-state index is 11.8. The quantitative estimate of drug-likeness (QED) is 0.761. The SMILES string of the molecule is O=c1[nH]c(CNCc2cccc(Br)c2)nc2ccsc12. The maximum absolute atomic E-state index is 11.8. The van der Waals surface area contributed by atoms with Gasteiger partial charge in [0.1, 0.15) is 10.5 Å². The predicted molar refractivity (Wildman–Crippen MR) is 84.9 cm³/mol. The topological polar surface area (TPSA) is 57.8 Å². The normalized spacial score (nSPS) is 11.1. The Morgan fingerprint density at radius 3 is 3.05 bits per heavy atom. The van der Waals surface area contributed by atoms with Crippen molar-refractivity contribution >= 4 is 37.5 Å². The van der Waals surface area contributed by atoms with Crippen LogP contribution in [0.25, 0.3) is 10.2 Å². The summed E-state index contributed by atoms with van der Waals surface area (Å²) in [6.45, 7) is 1.26. The fraction of sp³-hybridized carbons (Fsp3) is 0.143. The number of hydrogen-bond acceptors (Lipinski definition) is 4. The summed E-state index contributed by atoms with van der Waals surface area (Å²) in [7, 11) is 0. The van der Waals surface area contributed by atoms with Crippen LogP contribution in [0.3, 0.4) is 0 Å². The molecule has 0 bridgehead atoms. The molecular weight excluding hydrogens is 338 g/mol. The van der Waals surface area contributed by atoms with Gasteiger partial charge in [-0.1, -0.05) is 28.1 Å². The highest BCUT2D eigenvalue weighted by Gasteiger charge is 2.04. The third kappa shape index (κ3) is 2.98. The Bertz CT molecular complexity index is 796. The summed E-state index contributed by atoms with van der Waals surface area (Å²) < 4.78 is 1.74. The van der Waals surface area contributed by atoms with Crippen molar-refractivity contribution in [2.45, 2.75) is 13.1 Å². The number of hydrogen-bond donors (Lipinski definition) is 2. The van der Waals surface area contributed by atoms with Crippen LogP contribution in [0.1, 0.15) is 11.4 Å². The highest BCUT2D eigenvalue weighted by atomic mass is 79.9. The lowest BCUT2D eigenvalue weighted by molar-refractivity contribution is 0.663. The molecule has 6 heteroatoms. The van der Waals surface area contributed by atoms with Gasteiger partial charge in [-0.2, -0.15) is 0 Å². The average molecular weight is 350 g/mol. The Morgan fingerprint density at radius 1 is 1.30 bits per heavy atom. The zero-order valence-corrected chi connectivity index (χ0v) is 12.9. The van der Waals surface area contributed by atoms with E-state index in [2.05, 4.69) is 43.3 Å². The van der Waals surface area contributed by atoms with Crippen molar-refractivity contribution in [3.05, 3.63) is 61.9 Å². The van der Waals surface area contributed by atoms with Gasteiger partial charge in [0.05, 0.1) is 12.1 Å². The van der Waals surface area contributed by atoms with Crippen LogP contribution in [-0.2, 0) is 13.1 Å². The molecule has 3 rings (SSSR count). The standard InChI is InChI=1S/C14H12BrN3OS/c15-10-3-1-2-9(6-10)7-16-8-12-17-11-4-5-20-13(11)14(19)18-12/h1-6,16H,7-8H2,(H,17,18,19). The Kier molecular flexibility index (Phi) is 3.95. The minimum absolute atomic E-state index is 0.0655. The van der Waals surface area contributed by atoms with E-state index in [0.29, 0.717) is 17.1 Å². The van der Waals surface area contributed by atoms with E-state index in [0.717, 1.165) is 16.5 Å². The lowest BCUT2D eigenvalue weighted by Gasteiger charge is -2.05. The molecule has 0 aliphatic heterocycles. The number of aromatic amines is 1. The number of aromatic nitrogens is 2. The van der Waals surface area contributed by atoms with Gasteiger partial charge in [-0.3, -0.25) is 4.79 Å². The third-order valence-corrected chi connectivity index (χ3v) is 4.27. The Morgan fingerprint density at radius 2 is 2.20 bits per heavy atom. The van der Waals surface area contributed by atoms with Crippen molar-refractivity contribution in [3.8, 4) is 0 Å². The zero-order chi connectivity index (χ0) is 13.9. The van der Waals surface area contributed by atoms with E-state index in [1.165, 1.54) is 16.9 Å².